The van der Waals surface area contributed by atoms with Crippen molar-refractivity contribution >= 4 is 17.3 Å². The van der Waals surface area contributed by atoms with Crippen LogP contribution < -0.4 is 10.1 Å². The molecule has 0 aliphatic rings. The monoisotopic (exact) mass is 342 g/mol. The first kappa shape index (κ1) is 18.4. The van der Waals surface area contributed by atoms with Crippen molar-refractivity contribution in [2.24, 2.45) is 0 Å². The first-order valence-corrected chi connectivity index (χ1v) is 8.00. The topological polar surface area (TPSA) is 81.5 Å². The zero-order valence-electron chi connectivity index (χ0n) is 15.0. The summed E-state index contributed by atoms with van der Waals surface area (Å²) in [5.74, 6) is 0.304. The van der Waals surface area contributed by atoms with Gasteiger partial charge in [0.1, 0.15) is 5.75 Å². The highest BCUT2D eigenvalue weighted by Gasteiger charge is 2.20. The zero-order chi connectivity index (χ0) is 18.7. The van der Waals surface area contributed by atoms with Gasteiger partial charge in [0.05, 0.1) is 16.2 Å². The number of nitro benzene ring substituents is 1. The molecule has 2 aromatic carbocycles. The van der Waals surface area contributed by atoms with Crippen molar-refractivity contribution in [3.63, 3.8) is 0 Å². The molecule has 0 saturated heterocycles. The number of nitro groups is 1. The third kappa shape index (κ3) is 4.15. The van der Waals surface area contributed by atoms with E-state index in [0.717, 1.165) is 16.7 Å². The van der Waals surface area contributed by atoms with Gasteiger partial charge in [0.2, 0.25) is 0 Å². The predicted molar refractivity (Wildman–Crippen MR) is 97.2 cm³/mol. The average Bonchev–Trinajstić information content (AvgIpc) is 2.53. The number of rotatable bonds is 5. The number of nitrogens with zero attached hydrogens (tertiary/aromatic N) is 1. The molecule has 2 aromatic rings. The molecular weight excluding hydrogens is 320 g/mol. The Morgan fingerprint density at radius 3 is 2.48 bits per heavy atom. The van der Waals surface area contributed by atoms with E-state index in [1.807, 2.05) is 26.8 Å². The van der Waals surface area contributed by atoms with Crippen molar-refractivity contribution in [1.29, 1.82) is 0 Å². The van der Waals surface area contributed by atoms with Gasteiger partial charge in [-0.25, -0.2) is 0 Å². The molecule has 0 bridgehead atoms. The molecule has 25 heavy (non-hydrogen) atoms. The third-order valence-electron chi connectivity index (χ3n) is 4.20. The minimum Gasteiger partial charge on any atom is -0.481 e. The summed E-state index contributed by atoms with van der Waals surface area (Å²) < 4.78 is 5.81. The molecule has 0 aromatic heterocycles. The Kier molecular flexibility index (Phi) is 5.41. The number of carbonyl (C=O) groups is 1. The van der Waals surface area contributed by atoms with Crippen LogP contribution in [-0.4, -0.2) is 16.9 Å². The number of amides is 1. The normalized spacial score (nSPS) is 11.7. The third-order valence-corrected chi connectivity index (χ3v) is 4.20. The summed E-state index contributed by atoms with van der Waals surface area (Å²) in [6, 6.07) is 8.53. The van der Waals surface area contributed by atoms with Crippen LogP contribution in [0.4, 0.5) is 11.4 Å². The average molecular weight is 342 g/mol. The second-order valence-electron chi connectivity index (χ2n) is 6.16. The Labute approximate surface area is 147 Å². The van der Waals surface area contributed by atoms with E-state index in [1.165, 1.54) is 6.07 Å². The van der Waals surface area contributed by atoms with Gasteiger partial charge in [-0.2, -0.15) is 0 Å². The summed E-state index contributed by atoms with van der Waals surface area (Å²) in [5.41, 5.74) is 3.92. The van der Waals surface area contributed by atoms with Crippen LogP contribution in [0.25, 0.3) is 0 Å². The van der Waals surface area contributed by atoms with E-state index >= 15 is 0 Å². The maximum atomic E-state index is 12.4. The number of nitrogens with one attached hydrogen (secondary N) is 1. The lowest BCUT2D eigenvalue weighted by atomic mass is 10.1. The van der Waals surface area contributed by atoms with Gasteiger partial charge in [0.15, 0.2) is 6.10 Å². The molecule has 1 atom stereocenters. The number of carbonyl (C=O) groups excluding carboxylic acids is 1. The summed E-state index contributed by atoms with van der Waals surface area (Å²) in [6.07, 6.45) is -0.737. The number of aryl methyl sites for hydroxylation is 2. The largest absolute Gasteiger partial charge is 0.481 e. The van der Waals surface area contributed by atoms with Crippen LogP contribution in [0.15, 0.2) is 30.3 Å². The van der Waals surface area contributed by atoms with Crippen molar-refractivity contribution in [2.75, 3.05) is 5.32 Å². The van der Waals surface area contributed by atoms with Crippen LogP contribution in [0, 0.1) is 37.8 Å². The maximum Gasteiger partial charge on any atom is 0.274 e. The highest BCUT2D eigenvalue weighted by atomic mass is 16.6. The number of benzene rings is 2. The Bertz CT molecular complexity index is 830. The van der Waals surface area contributed by atoms with Gasteiger partial charge in [-0.15, -0.1) is 0 Å². The maximum absolute atomic E-state index is 12.4. The number of ether oxygens (including phenoxy) is 1. The van der Waals surface area contributed by atoms with Gasteiger partial charge in [-0.1, -0.05) is 12.1 Å². The fraction of sp³-hybridized carbons (Fsp3) is 0.316. The quantitative estimate of drug-likeness (QED) is 0.651. The van der Waals surface area contributed by atoms with Gasteiger partial charge in [0.25, 0.3) is 11.6 Å². The molecular formula is C19H22N2O4. The first-order chi connectivity index (χ1) is 11.7. The standard InChI is InChI=1S/C19H22N2O4/c1-11-9-12(2)13(3)18(10-11)25-15(5)19(22)20-16-7-6-8-17(14(16)4)21(23)24/h6-10,15H,1-5H3,(H,20,22)/t15-/m1/s1. The summed E-state index contributed by atoms with van der Waals surface area (Å²) in [4.78, 5) is 23.0. The molecule has 1 amide bonds. The highest BCUT2D eigenvalue weighted by molar-refractivity contribution is 5.95. The van der Waals surface area contributed by atoms with Crippen LogP contribution in [0.3, 0.4) is 0 Å². The van der Waals surface area contributed by atoms with E-state index < -0.39 is 11.0 Å². The molecule has 0 unspecified atom stereocenters. The van der Waals surface area contributed by atoms with Gasteiger partial charge in [-0.3, -0.25) is 14.9 Å². The van der Waals surface area contributed by atoms with Crippen LogP contribution in [-0.2, 0) is 4.79 Å². The van der Waals surface area contributed by atoms with E-state index in [1.54, 1.807) is 26.0 Å². The summed E-state index contributed by atoms with van der Waals surface area (Å²) in [6.45, 7) is 9.16. The zero-order valence-corrected chi connectivity index (χ0v) is 15.0. The van der Waals surface area contributed by atoms with E-state index in [2.05, 4.69) is 11.4 Å². The SMILES string of the molecule is Cc1cc(C)c(C)c(O[C@H](C)C(=O)Nc2cccc([N+](=O)[O-])c2C)c1. The minimum atomic E-state index is -0.737. The second kappa shape index (κ2) is 7.34. The molecule has 0 radical (unpaired) electrons. The van der Waals surface area contributed by atoms with Crippen LogP contribution in [0.2, 0.25) is 0 Å². The van der Waals surface area contributed by atoms with Crippen molar-refractivity contribution in [2.45, 2.75) is 40.7 Å². The van der Waals surface area contributed by atoms with Crippen molar-refractivity contribution in [3.05, 3.63) is 62.7 Å². The Morgan fingerprint density at radius 2 is 1.84 bits per heavy atom. The molecule has 0 fully saturated rings. The molecule has 2 rings (SSSR count). The molecule has 0 aliphatic carbocycles. The van der Waals surface area contributed by atoms with E-state index in [9.17, 15) is 14.9 Å². The van der Waals surface area contributed by atoms with Gasteiger partial charge < -0.3 is 10.1 Å². The second-order valence-corrected chi connectivity index (χ2v) is 6.16. The molecule has 6 nitrogen and oxygen atoms in total. The number of anilines is 1. The van der Waals surface area contributed by atoms with Gasteiger partial charge in [0, 0.05) is 6.07 Å². The highest BCUT2D eigenvalue weighted by Crippen LogP contribution is 2.27. The van der Waals surface area contributed by atoms with Gasteiger partial charge in [-0.05, 0) is 63.4 Å². The Balaban J connectivity index is 2.17. The van der Waals surface area contributed by atoms with Gasteiger partial charge >= 0.3 is 0 Å². The summed E-state index contributed by atoms with van der Waals surface area (Å²) in [7, 11) is 0. The molecule has 132 valence electrons. The Morgan fingerprint density at radius 1 is 1.16 bits per heavy atom. The first-order valence-electron chi connectivity index (χ1n) is 8.00. The van der Waals surface area contributed by atoms with E-state index in [4.69, 9.17) is 4.74 Å². The smallest absolute Gasteiger partial charge is 0.274 e. The lowest BCUT2D eigenvalue weighted by molar-refractivity contribution is -0.385. The summed E-state index contributed by atoms with van der Waals surface area (Å²) >= 11 is 0. The predicted octanol–water partition coefficient (Wildman–Crippen LogP) is 4.23. The molecule has 0 spiro atoms. The van der Waals surface area contributed by atoms with E-state index in [0.29, 0.717) is 17.0 Å². The molecule has 1 N–H and O–H groups in total. The lowest BCUT2D eigenvalue weighted by Crippen LogP contribution is -2.30. The number of hydrogen-bond acceptors (Lipinski definition) is 4. The fourth-order valence-electron chi connectivity index (χ4n) is 2.56. The van der Waals surface area contributed by atoms with Crippen LogP contribution in [0.5, 0.6) is 5.75 Å². The molecule has 6 heteroatoms. The van der Waals surface area contributed by atoms with Crippen molar-refractivity contribution in [1.82, 2.24) is 0 Å². The number of hydrogen-bond donors (Lipinski definition) is 1. The van der Waals surface area contributed by atoms with Crippen LogP contribution in [0.1, 0.15) is 29.2 Å². The summed E-state index contributed by atoms with van der Waals surface area (Å²) in [5, 5.41) is 13.7. The van der Waals surface area contributed by atoms with Crippen LogP contribution >= 0.6 is 0 Å². The van der Waals surface area contributed by atoms with E-state index in [-0.39, 0.29) is 11.6 Å². The minimum absolute atomic E-state index is 0.0310. The van der Waals surface area contributed by atoms with Crippen molar-refractivity contribution in [3.8, 4) is 5.75 Å². The molecule has 0 saturated carbocycles. The fourth-order valence-corrected chi connectivity index (χ4v) is 2.56. The van der Waals surface area contributed by atoms with Crippen molar-refractivity contribution < 1.29 is 14.5 Å². The molecule has 0 heterocycles. The molecule has 0 aliphatic heterocycles. The lowest BCUT2D eigenvalue weighted by Gasteiger charge is -2.18. The Hall–Kier alpha value is -2.89.